The molecular formula is C22H18N2O6. The minimum Gasteiger partial charge on any atom is -0.508 e. The molecule has 8 heteroatoms. The summed E-state index contributed by atoms with van der Waals surface area (Å²) in [5.41, 5.74) is 2.06. The molecule has 0 aliphatic rings. The van der Waals surface area contributed by atoms with Gasteiger partial charge in [0.05, 0.1) is 10.5 Å². The topological polar surface area (TPSA) is 119 Å². The van der Waals surface area contributed by atoms with Crippen LogP contribution in [0.5, 0.6) is 5.75 Å². The predicted molar refractivity (Wildman–Crippen MR) is 110 cm³/mol. The molecule has 0 fully saturated rings. The van der Waals surface area contributed by atoms with Crippen molar-refractivity contribution in [3.8, 4) is 16.9 Å². The van der Waals surface area contributed by atoms with Crippen LogP contribution in [0, 0.1) is 10.1 Å². The highest BCUT2D eigenvalue weighted by atomic mass is 16.6. The number of nitro groups is 1. The SMILES string of the molecule is CC(OC(=O)c1ccc(-c2ccc(O)cc2)cc1)C(=O)Nc1cccc([N+](=O)[O-])c1. The average molecular weight is 406 g/mol. The molecule has 30 heavy (non-hydrogen) atoms. The number of hydrogen-bond acceptors (Lipinski definition) is 6. The quantitative estimate of drug-likeness (QED) is 0.361. The number of phenolic OH excluding ortho intramolecular Hbond substituents is 1. The third-order valence-corrected chi connectivity index (χ3v) is 4.30. The highest BCUT2D eigenvalue weighted by Gasteiger charge is 2.20. The van der Waals surface area contributed by atoms with Gasteiger partial charge in [0.25, 0.3) is 11.6 Å². The van der Waals surface area contributed by atoms with Gasteiger partial charge in [-0.25, -0.2) is 4.79 Å². The zero-order valence-electron chi connectivity index (χ0n) is 15.9. The first-order chi connectivity index (χ1) is 14.3. The van der Waals surface area contributed by atoms with Gasteiger partial charge in [0.1, 0.15) is 5.75 Å². The Bertz CT molecular complexity index is 1080. The van der Waals surface area contributed by atoms with E-state index in [2.05, 4.69) is 5.32 Å². The standard InChI is InChI=1S/C22H18N2O6/c1-14(21(26)23-18-3-2-4-19(13-18)24(28)29)30-22(27)17-7-5-15(6-8-17)16-9-11-20(25)12-10-16/h2-14,25H,1H3,(H,23,26). The Morgan fingerprint density at radius 2 is 1.60 bits per heavy atom. The Kier molecular flexibility index (Phi) is 6.07. The molecular weight excluding hydrogens is 388 g/mol. The summed E-state index contributed by atoms with van der Waals surface area (Å²) in [5, 5.41) is 22.7. The summed E-state index contributed by atoms with van der Waals surface area (Å²) < 4.78 is 5.19. The Balaban J connectivity index is 1.62. The first kappa shape index (κ1) is 20.5. The van der Waals surface area contributed by atoms with Crippen LogP contribution in [0.1, 0.15) is 17.3 Å². The Morgan fingerprint density at radius 3 is 2.20 bits per heavy atom. The Hall–Kier alpha value is -4.20. The predicted octanol–water partition coefficient (Wildman–Crippen LogP) is 4.15. The number of esters is 1. The van der Waals surface area contributed by atoms with Gasteiger partial charge < -0.3 is 15.2 Å². The van der Waals surface area contributed by atoms with Crippen molar-refractivity contribution in [2.45, 2.75) is 13.0 Å². The van der Waals surface area contributed by atoms with Crippen LogP contribution >= 0.6 is 0 Å². The number of phenols is 1. The van der Waals surface area contributed by atoms with Crippen molar-refractivity contribution in [1.82, 2.24) is 0 Å². The van der Waals surface area contributed by atoms with E-state index in [4.69, 9.17) is 4.74 Å². The third-order valence-electron chi connectivity index (χ3n) is 4.30. The number of carbonyl (C=O) groups is 2. The number of aromatic hydroxyl groups is 1. The summed E-state index contributed by atoms with van der Waals surface area (Å²) in [6.45, 7) is 1.41. The van der Waals surface area contributed by atoms with E-state index in [0.717, 1.165) is 11.1 Å². The number of carbonyl (C=O) groups excluding carboxylic acids is 2. The lowest BCUT2D eigenvalue weighted by molar-refractivity contribution is -0.384. The Labute approximate surface area is 171 Å². The van der Waals surface area contributed by atoms with Crippen LogP contribution in [0.2, 0.25) is 0 Å². The van der Waals surface area contributed by atoms with Gasteiger partial charge in [-0.15, -0.1) is 0 Å². The number of rotatable bonds is 6. The van der Waals surface area contributed by atoms with Crippen molar-refractivity contribution in [3.05, 3.63) is 88.5 Å². The maximum absolute atomic E-state index is 12.3. The van der Waals surface area contributed by atoms with Crippen LogP contribution in [0.4, 0.5) is 11.4 Å². The van der Waals surface area contributed by atoms with E-state index in [-0.39, 0.29) is 22.7 Å². The number of anilines is 1. The van der Waals surface area contributed by atoms with Crippen LogP contribution < -0.4 is 5.32 Å². The first-order valence-corrected chi connectivity index (χ1v) is 8.99. The van der Waals surface area contributed by atoms with Crippen LogP contribution in [-0.2, 0) is 9.53 Å². The van der Waals surface area contributed by atoms with Crippen molar-refractivity contribution in [2.75, 3.05) is 5.32 Å². The first-order valence-electron chi connectivity index (χ1n) is 8.99. The summed E-state index contributed by atoms with van der Waals surface area (Å²) >= 11 is 0. The van der Waals surface area contributed by atoms with Gasteiger partial charge in [-0.05, 0) is 48.4 Å². The maximum Gasteiger partial charge on any atom is 0.338 e. The molecule has 0 radical (unpaired) electrons. The molecule has 3 aromatic rings. The molecule has 0 saturated heterocycles. The zero-order chi connectivity index (χ0) is 21.7. The molecule has 0 aliphatic heterocycles. The van der Waals surface area contributed by atoms with Gasteiger partial charge in [0.15, 0.2) is 6.10 Å². The van der Waals surface area contributed by atoms with E-state index in [1.165, 1.54) is 31.2 Å². The van der Waals surface area contributed by atoms with Crippen molar-refractivity contribution >= 4 is 23.3 Å². The molecule has 2 N–H and O–H groups in total. The number of amides is 1. The van der Waals surface area contributed by atoms with Crippen molar-refractivity contribution in [2.24, 2.45) is 0 Å². The van der Waals surface area contributed by atoms with Crippen LogP contribution in [0.3, 0.4) is 0 Å². The molecule has 0 aliphatic carbocycles. The number of hydrogen-bond donors (Lipinski definition) is 2. The molecule has 0 saturated carbocycles. The summed E-state index contributed by atoms with van der Waals surface area (Å²) in [7, 11) is 0. The summed E-state index contributed by atoms with van der Waals surface area (Å²) in [5.74, 6) is -1.12. The molecule has 3 aromatic carbocycles. The van der Waals surface area contributed by atoms with Gasteiger partial charge in [-0.1, -0.05) is 30.3 Å². The second-order valence-electron chi connectivity index (χ2n) is 6.47. The molecule has 0 bridgehead atoms. The fourth-order valence-corrected chi connectivity index (χ4v) is 2.68. The second-order valence-corrected chi connectivity index (χ2v) is 6.47. The van der Waals surface area contributed by atoms with Crippen LogP contribution in [-0.4, -0.2) is 28.0 Å². The molecule has 3 rings (SSSR count). The third kappa shape index (κ3) is 4.99. The molecule has 1 atom stereocenters. The van der Waals surface area contributed by atoms with E-state index in [9.17, 15) is 24.8 Å². The van der Waals surface area contributed by atoms with E-state index in [1.807, 2.05) is 0 Å². The summed E-state index contributed by atoms with van der Waals surface area (Å²) in [6, 6.07) is 18.7. The smallest absolute Gasteiger partial charge is 0.338 e. The minimum absolute atomic E-state index is 0.161. The zero-order valence-corrected chi connectivity index (χ0v) is 15.9. The van der Waals surface area contributed by atoms with Gasteiger partial charge >= 0.3 is 5.97 Å². The molecule has 8 nitrogen and oxygen atoms in total. The van der Waals surface area contributed by atoms with Crippen molar-refractivity contribution in [1.29, 1.82) is 0 Å². The molecule has 1 amide bonds. The second kappa shape index (κ2) is 8.87. The largest absolute Gasteiger partial charge is 0.508 e. The fraction of sp³-hybridized carbons (Fsp3) is 0.0909. The highest BCUT2D eigenvalue weighted by Crippen LogP contribution is 2.23. The van der Waals surface area contributed by atoms with Gasteiger partial charge in [-0.3, -0.25) is 14.9 Å². The summed E-state index contributed by atoms with van der Waals surface area (Å²) in [6.07, 6.45) is -1.10. The van der Waals surface area contributed by atoms with Gasteiger partial charge in [0.2, 0.25) is 0 Å². The van der Waals surface area contributed by atoms with Crippen LogP contribution in [0.25, 0.3) is 11.1 Å². The normalized spacial score (nSPS) is 11.4. The maximum atomic E-state index is 12.3. The molecule has 0 heterocycles. The monoisotopic (exact) mass is 406 g/mol. The lowest BCUT2D eigenvalue weighted by Crippen LogP contribution is -2.30. The van der Waals surface area contributed by atoms with Crippen molar-refractivity contribution < 1.29 is 24.4 Å². The van der Waals surface area contributed by atoms with E-state index < -0.39 is 22.9 Å². The molecule has 152 valence electrons. The highest BCUT2D eigenvalue weighted by molar-refractivity contribution is 5.97. The number of ether oxygens (including phenoxy) is 1. The lowest BCUT2D eigenvalue weighted by atomic mass is 10.0. The van der Waals surface area contributed by atoms with E-state index in [1.54, 1.807) is 48.5 Å². The number of nitro benzene ring substituents is 1. The van der Waals surface area contributed by atoms with Gasteiger partial charge in [-0.2, -0.15) is 0 Å². The summed E-state index contributed by atoms with van der Waals surface area (Å²) in [4.78, 5) is 34.8. The molecule has 0 spiro atoms. The lowest BCUT2D eigenvalue weighted by Gasteiger charge is -2.13. The van der Waals surface area contributed by atoms with Crippen LogP contribution in [0.15, 0.2) is 72.8 Å². The molecule has 0 aromatic heterocycles. The minimum atomic E-state index is -1.10. The number of non-ortho nitro benzene ring substituents is 1. The fourth-order valence-electron chi connectivity index (χ4n) is 2.68. The number of nitrogens with one attached hydrogen (secondary N) is 1. The van der Waals surface area contributed by atoms with Gasteiger partial charge in [0, 0.05) is 17.8 Å². The average Bonchev–Trinajstić information content (AvgIpc) is 2.74. The van der Waals surface area contributed by atoms with Crippen molar-refractivity contribution in [3.63, 3.8) is 0 Å². The van der Waals surface area contributed by atoms with E-state index in [0.29, 0.717) is 0 Å². The molecule has 1 unspecified atom stereocenters. The number of nitrogens with zero attached hydrogens (tertiary/aromatic N) is 1. The Morgan fingerprint density at radius 1 is 1.00 bits per heavy atom. The number of benzene rings is 3. The van der Waals surface area contributed by atoms with E-state index >= 15 is 0 Å².